The Kier molecular flexibility index (Phi) is 3.97. The molecule has 1 atom stereocenters. The highest BCUT2D eigenvalue weighted by molar-refractivity contribution is 5.28. The molecular weight excluding hydrogens is 196 g/mol. The lowest BCUT2D eigenvalue weighted by Gasteiger charge is -2.19. The molecule has 1 unspecified atom stereocenters. The van der Waals surface area contributed by atoms with Crippen molar-refractivity contribution < 1.29 is 8.78 Å². The van der Waals surface area contributed by atoms with Crippen LogP contribution in [-0.4, -0.2) is 6.54 Å². The first-order chi connectivity index (χ1) is 7.07. The summed E-state index contributed by atoms with van der Waals surface area (Å²) in [5.74, 6) is -1.62. The van der Waals surface area contributed by atoms with E-state index in [1.165, 1.54) is 6.07 Å². The summed E-state index contributed by atoms with van der Waals surface area (Å²) in [5, 5.41) is 3.06. The summed E-state index contributed by atoms with van der Waals surface area (Å²) in [5.41, 5.74) is 1.07. The van der Waals surface area contributed by atoms with Gasteiger partial charge in [0.1, 0.15) is 0 Å². The van der Waals surface area contributed by atoms with Gasteiger partial charge >= 0.3 is 0 Å². The predicted molar refractivity (Wildman–Crippen MR) is 57.6 cm³/mol. The molecule has 3 heteroatoms. The summed E-state index contributed by atoms with van der Waals surface area (Å²) in [6.45, 7) is 8.14. The normalized spacial score (nSPS) is 12.5. The van der Waals surface area contributed by atoms with E-state index in [2.05, 4.69) is 11.9 Å². The number of hydrogen-bond donors (Lipinski definition) is 1. The molecule has 1 N–H and O–H groups in total. The number of nitrogens with one attached hydrogen (secondary N) is 1. The van der Waals surface area contributed by atoms with Crippen LogP contribution in [0.2, 0.25) is 0 Å². The van der Waals surface area contributed by atoms with Crippen molar-refractivity contribution in [3.63, 3.8) is 0 Å². The molecule has 15 heavy (non-hydrogen) atoms. The zero-order valence-corrected chi connectivity index (χ0v) is 8.98. The van der Waals surface area contributed by atoms with Crippen LogP contribution in [0.3, 0.4) is 0 Å². The smallest absolute Gasteiger partial charge is 0.163 e. The van der Waals surface area contributed by atoms with Crippen molar-refractivity contribution in [1.29, 1.82) is 0 Å². The predicted octanol–water partition coefficient (Wildman–Crippen LogP) is 3.19. The molecule has 0 amide bonds. The molecule has 0 aromatic heterocycles. The molecule has 0 aliphatic rings. The Morgan fingerprint density at radius 1 is 1.47 bits per heavy atom. The molecule has 1 aromatic carbocycles. The van der Waals surface area contributed by atoms with Gasteiger partial charge in [-0.3, -0.25) is 0 Å². The summed E-state index contributed by atoms with van der Waals surface area (Å²) in [4.78, 5) is 0. The highest BCUT2D eigenvalue weighted by Gasteiger charge is 2.17. The molecule has 1 nitrogen and oxygen atoms in total. The van der Waals surface area contributed by atoms with Crippen LogP contribution in [0.25, 0.3) is 0 Å². The Morgan fingerprint density at radius 2 is 2.13 bits per heavy atom. The van der Waals surface area contributed by atoms with Crippen molar-refractivity contribution in [2.75, 3.05) is 6.54 Å². The van der Waals surface area contributed by atoms with E-state index in [1.807, 2.05) is 6.92 Å². The second kappa shape index (κ2) is 5.03. The lowest BCUT2D eigenvalue weighted by molar-refractivity contribution is 0.481. The number of rotatable bonds is 4. The van der Waals surface area contributed by atoms with E-state index in [0.717, 1.165) is 11.6 Å². The molecular formula is C12H15F2N. The van der Waals surface area contributed by atoms with E-state index in [4.69, 9.17) is 0 Å². The number of likely N-dealkylation sites (N-methyl/N-ethyl adjacent to an activating group) is 1. The van der Waals surface area contributed by atoms with Gasteiger partial charge in [0.15, 0.2) is 11.6 Å². The van der Waals surface area contributed by atoms with Gasteiger partial charge in [0.2, 0.25) is 0 Å². The van der Waals surface area contributed by atoms with Gasteiger partial charge in [-0.2, -0.15) is 0 Å². The van der Waals surface area contributed by atoms with Crippen LogP contribution >= 0.6 is 0 Å². The fourth-order valence-corrected chi connectivity index (χ4v) is 1.50. The summed E-state index contributed by atoms with van der Waals surface area (Å²) < 4.78 is 26.5. The molecule has 0 aliphatic heterocycles. The fourth-order valence-electron chi connectivity index (χ4n) is 1.50. The van der Waals surface area contributed by atoms with Gasteiger partial charge in [0.05, 0.1) is 6.04 Å². The van der Waals surface area contributed by atoms with E-state index in [0.29, 0.717) is 12.1 Å². The van der Waals surface area contributed by atoms with Crippen molar-refractivity contribution in [1.82, 2.24) is 5.32 Å². The van der Waals surface area contributed by atoms with Crippen molar-refractivity contribution in [3.8, 4) is 0 Å². The van der Waals surface area contributed by atoms with Crippen molar-refractivity contribution >= 4 is 0 Å². The Labute approximate surface area is 88.8 Å². The third-order valence-electron chi connectivity index (χ3n) is 2.19. The van der Waals surface area contributed by atoms with Crippen LogP contribution in [0.1, 0.15) is 25.5 Å². The standard InChI is InChI=1S/C12H15F2N/c1-4-15-12(8(2)3)9-6-5-7-10(13)11(9)14/h5-7,12,15H,2,4H2,1,3H3. The first-order valence-electron chi connectivity index (χ1n) is 4.90. The topological polar surface area (TPSA) is 12.0 Å². The van der Waals surface area contributed by atoms with Crippen molar-refractivity contribution in [2.24, 2.45) is 0 Å². The first kappa shape index (κ1) is 11.9. The highest BCUT2D eigenvalue weighted by atomic mass is 19.2. The third-order valence-corrected chi connectivity index (χ3v) is 2.19. The van der Waals surface area contributed by atoms with Gasteiger partial charge in [-0.05, 0) is 19.5 Å². The summed E-state index contributed by atoms with van der Waals surface area (Å²) in [6.07, 6.45) is 0. The summed E-state index contributed by atoms with van der Waals surface area (Å²) >= 11 is 0. The van der Waals surface area contributed by atoms with Crippen molar-refractivity contribution in [2.45, 2.75) is 19.9 Å². The molecule has 0 heterocycles. The molecule has 1 rings (SSSR count). The molecule has 0 bridgehead atoms. The van der Waals surface area contributed by atoms with Crippen LogP contribution < -0.4 is 5.32 Å². The summed E-state index contributed by atoms with van der Waals surface area (Å²) in [6, 6.07) is 3.85. The molecule has 0 fully saturated rings. The Balaban J connectivity index is 3.11. The molecule has 0 aliphatic carbocycles. The van der Waals surface area contributed by atoms with E-state index in [-0.39, 0.29) is 6.04 Å². The van der Waals surface area contributed by atoms with E-state index < -0.39 is 11.6 Å². The first-order valence-corrected chi connectivity index (χ1v) is 4.90. The minimum atomic E-state index is -0.823. The maximum atomic E-state index is 13.5. The maximum absolute atomic E-state index is 13.5. The minimum absolute atomic E-state index is 0.310. The molecule has 82 valence electrons. The minimum Gasteiger partial charge on any atom is -0.307 e. The second-order valence-electron chi connectivity index (χ2n) is 3.48. The Bertz CT molecular complexity index is 361. The van der Waals surface area contributed by atoms with Crippen LogP contribution in [0.5, 0.6) is 0 Å². The SMILES string of the molecule is C=C(C)C(NCC)c1cccc(F)c1F. The lowest BCUT2D eigenvalue weighted by Crippen LogP contribution is -2.22. The lowest BCUT2D eigenvalue weighted by atomic mass is 10.0. The average molecular weight is 211 g/mol. The molecule has 0 radical (unpaired) electrons. The van der Waals surface area contributed by atoms with Gasteiger partial charge < -0.3 is 5.32 Å². The van der Waals surface area contributed by atoms with Gasteiger partial charge in [-0.1, -0.05) is 31.2 Å². The van der Waals surface area contributed by atoms with Gasteiger partial charge in [0.25, 0.3) is 0 Å². The van der Waals surface area contributed by atoms with E-state index in [9.17, 15) is 8.78 Å². The fraction of sp³-hybridized carbons (Fsp3) is 0.333. The monoisotopic (exact) mass is 211 g/mol. The third kappa shape index (κ3) is 2.63. The Morgan fingerprint density at radius 3 is 2.67 bits per heavy atom. The van der Waals surface area contributed by atoms with Gasteiger partial charge in [-0.25, -0.2) is 8.78 Å². The molecule has 0 saturated heterocycles. The van der Waals surface area contributed by atoms with E-state index >= 15 is 0 Å². The zero-order valence-electron chi connectivity index (χ0n) is 8.98. The molecule has 0 spiro atoms. The van der Waals surface area contributed by atoms with Gasteiger partial charge in [0, 0.05) is 5.56 Å². The number of benzene rings is 1. The molecule has 0 saturated carbocycles. The average Bonchev–Trinajstić information content (AvgIpc) is 2.19. The van der Waals surface area contributed by atoms with E-state index in [1.54, 1.807) is 13.0 Å². The number of hydrogen-bond acceptors (Lipinski definition) is 1. The molecule has 1 aromatic rings. The second-order valence-corrected chi connectivity index (χ2v) is 3.48. The largest absolute Gasteiger partial charge is 0.307 e. The van der Waals surface area contributed by atoms with Crippen LogP contribution in [0, 0.1) is 11.6 Å². The van der Waals surface area contributed by atoms with Crippen LogP contribution in [-0.2, 0) is 0 Å². The zero-order chi connectivity index (χ0) is 11.4. The van der Waals surface area contributed by atoms with Crippen molar-refractivity contribution in [3.05, 3.63) is 47.5 Å². The van der Waals surface area contributed by atoms with Gasteiger partial charge in [-0.15, -0.1) is 0 Å². The Hall–Kier alpha value is -1.22. The van der Waals surface area contributed by atoms with Crippen LogP contribution in [0.4, 0.5) is 8.78 Å². The number of halogens is 2. The highest BCUT2D eigenvalue weighted by Crippen LogP contribution is 2.24. The maximum Gasteiger partial charge on any atom is 0.163 e. The quantitative estimate of drug-likeness (QED) is 0.754. The van der Waals surface area contributed by atoms with Crippen LogP contribution in [0.15, 0.2) is 30.4 Å². The summed E-state index contributed by atoms with van der Waals surface area (Å²) in [7, 11) is 0.